The third-order valence-electron chi connectivity index (χ3n) is 7.26. The van der Waals surface area contributed by atoms with Crippen LogP contribution in [0.2, 0.25) is 0 Å². The zero-order chi connectivity index (χ0) is 20.0. The monoisotopic (exact) mass is 395 g/mol. The summed E-state index contributed by atoms with van der Waals surface area (Å²) >= 11 is 0. The molecule has 29 heavy (non-hydrogen) atoms. The van der Waals surface area contributed by atoms with E-state index in [9.17, 15) is 9.59 Å². The van der Waals surface area contributed by atoms with Gasteiger partial charge in [0, 0.05) is 24.6 Å². The van der Waals surface area contributed by atoms with Gasteiger partial charge < -0.3 is 10.6 Å². The van der Waals surface area contributed by atoms with Gasteiger partial charge in [0.2, 0.25) is 11.8 Å². The van der Waals surface area contributed by atoms with E-state index in [0.29, 0.717) is 12.4 Å². The first kappa shape index (κ1) is 18.6. The quantitative estimate of drug-likeness (QED) is 0.787. The van der Waals surface area contributed by atoms with Gasteiger partial charge in [0.25, 0.3) is 0 Å². The predicted molar refractivity (Wildman–Crippen MR) is 108 cm³/mol. The standard InChI is InChI=1S/C22H29N5O2/c1-14(20-26-25-18-4-2-3-7-27(18)20)24-19(28)5-6-23-21(29)22-11-15-8-16(12-22)10-17(9-15)13-22/h2-4,7,14-17H,5-6,8-13H2,1H3,(H,23,29)(H,24,28). The molecule has 4 aliphatic carbocycles. The molecule has 1 unspecified atom stereocenters. The number of pyridine rings is 1. The highest BCUT2D eigenvalue weighted by Gasteiger charge is 2.54. The second-order valence-corrected chi connectivity index (χ2v) is 9.48. The number of fused-ring (bicyclic) bond motifs is 1. The van der Waals surface area contributed by atoms with Crippen LogP contribution in [0.1, 0.15) is 63.7 Å². The lowest BCUT2D eigenvalue weighted by Crippen LogP contribution is -2.53. The van der Waals surface area contributed by atoms with Crippen molar-refractivity contribution < 1.29 is 9.59 Å². The summed E-state index contributed by atoms with van der Waals surface area (Å²) in [6, 6.07) is 5.45. The Labute approximate surface area is 170 Å². The summed E-state index contributed by atoms with van der Waals surface area (Å²) in [6.07, 6.45) is 9.28. The maximum absolute atomic E-state index is 13.0. The lowest BCUT2D eigenvalue weighted by atomic mass is 9.49. The number of nitrogens with one attached hydrogen (secondary N) is 2. The fraction of sp³-hybridized carbons (Fsp3) is 0.636. The van der Waals surface area contributed by atoms with Crippen LogP contribution in [-0.2, 0) is 9.59 Å². The van der Waals surface area contributed by atoms with Crippen LogP contribution in [0.4, 0.5) is 0 Å². The summed E-state index contributed by atoms with van der Waals surface area (Å²) < 4.78 is 1.87. The van der Waals surface area contributed by atoms with Crippen molar-refractivity contribution in [1.82, 2.24) is 25.2 Å². The van der Waals surface area contributed by atoms with Gasteiger partial charge >= 0.3 is 0 Å². The van der Waals surface area contributed by atoms with Gasteiger partial charge in [0.15, 0.2) is 11.5 Å². The number of carbonyl (C=O) groups excluding carboxylic acids is 2. The maximum atomic E-state index is 13.0. The summed E-state index contributed by atoms with van der Waals surface area (Å²) in [5.41, 5.74) is 0.602. The molecule has 0 saturated heterocycles. The van der Waals surface area contributed by atoms with Crippen LogP contribution in [0.3, 0.4) is 0 Å². The van der Waals surface area contributed by atoms with Gasteiger partial charge in [-0.05, 0) is 75.3 Å². The second-order valence-electron chi connectivity index (χ2n) is 9.48. The third kappa shape index (κ3) is 3.40. The Balaban J connectivity index is 1.13. The zero-order valence-electron chi connectivity index (χ0n) is 16.9. The molecule has 154 valence electrons. The zero-order valence-corrected chi connectivity index (χ0v) is 16.9. The molecule has 4 saturated carbocycles. The van der Waals surface area contributed by atoms with Crippen molar-refractivity contribution in [2.24, 2.45) is 23.2 Å². The van der Waals surface area contributed by atoms with Gasteiger partial charge in [-0.1, -0.05) is 6.07 Å². The number of hydrogen-bond acceptors (Lipinski definition) is 4. The highest BCUT2D eigenvalue weighted by molar-refractivity contribution is 5.84. The molecule has 1 atom stereocenters. The highest BCUT2D eigenvalue weighted by atomic mass is 16.2. The fourth-order valence-corrected chi connectivity index (χ4v) is 6.40. The average molecular weight is 396 g/mol. The SMILES string of the molecule is CC(NC(=O)CCNC(=O)C12CC3CC(CC(C3)C1)C2)c1nnc2ccccn12. The first-order chi connectivity index (χ1) is 14.0. The first-order valence-corrected chi connectivity index (χ1v) is 10.9. The van der Waals surface area contributed by atoms with E-state index in [4.69, 9.17) is 0 Å². The Hall–Kier alpha value is -2.44. The van der Waals surface area contributed by atoms with Gasteiger partial charge in [-0.25, -0.2) is 0 Å². The average Bonchev–Trinajstić information content (AvgIpc) is 3.11. The summed E-state index contributed by atoms with van der Waals surface area (Å²) in [6.45, 7) is 2.29. The number of hydrogen-bond donors (Lipinski definition) is 2. The van der Waals surface area contributed by atoms with Crippen LogP contribution in [0, 0.1) is 23.2 Å². The Morgan fingerprint density at radius 2 is 1.83 bits per heavy atom. The fourth-order valence-electron chi connectivity index (χ4n) is 6.40. The van der Waals surface area contributed by atoms with Gasteiger partial charge in [-0.2, -0.15) is 0 Å². The summed E-state index contributed by atoms with van der Waals surface area (Å²) in [7, 11) is 0. The van der Waals surface area contributed by atoms with Gasteiger partial charge in [-0.15, -0.1) is 10.2 Å². The van der Waals surface area contributed by atoms with E-state index in [2.05, 4.69) is 20.8 Å². The number of nitrogens with zero attached hydrogens (tertiary/aromatic N) is 3. The molecule has 2 aromatic heterocycles. The van der Waals surface area contributed by atoms with E-state index in [1.807, 2.05) is 35.7 Å². The lowest BCUT2D eigenvalue weighted by molar-refractivity contribution is -0.146. The lowest BCUT2D eigenvalue weighted by Gasteiger charge is -2.55. The van der Waals surface area contributed by atoms with E-state index in [0.717, 1.165) is 42.7 Å². The van der Waals surface area contributed by atoms with Crippen molar-refractivity contribution in [3.63, 3.8) is 0 Å². The van der Waals surface area contributed by atoms with Crippen LogP contribution in [0.25, 0.3) is 5.65 Å². The normalized spacial score (nSPS) is 31.0. The summed E-state index contributed by atoms with van der Waals surface area (Å²) in [4.78, 5) is 25.4. The molecule has 0 spiro atoms. The van der Waals surface area contributed by atoms with Gasteiger partial charge in [0.05, 0.1) is 6.04 Å². The Bertz CT molecular complexity index is 901. The van der Waals surface area contributed by atoms with Crippen LogP contribution in [-0.4, -0.2) is 33.0 Å². The van der Waals surface area contributed by atoms with E-state index >= 15 is 0 Å². The molecule has 7 heteroatoms. The van der Waals surface area contributed by atoms with Crippen molar-refractivity contribution in [3.8, 4) is 0 Å². The Kier molecular flexibility index (Phi) is 4.56. The van der Waals surface area contributed by atoms with Crippen molar-refractivity contribution in [1.29, 1.82) is 0 Å². The summed E-state index contributed by atoms with van der Waals surface area (Å²) in [5.74, 6) is 3.03. The molecule has 4 bridgehead atoms. The minimum Gasteiger partial charge on any atom is -0.355 e. The molecular formula is C22H29N5O2. The van der Waals surface area contributed by atoms with E-state index in [1.54, 1.807) is 0 Å². The van der Waals surface area contributed by atoms with Crippen LogP contribution < -0.4 is 10.6 Å². The van der Waals surface area contributed by atoms with Crippen molar-refractivity contribution in [3.05, 3.63) is 30.2 Å². The molecule has 6 rings (SSSR count). The van der Waals surface area contributed by atoms with E-state index in [-0.39, 0.29) is 29.7 Å². The topological polar surface area (TPSA) is 88.4 Å². The molecule has 0 aromatic carbocycles. The Morgan fingerprint density at radius 1 is 1.14 bits per heavy atom. The Morgan fingerprint density at radius 3 is 2.52 bits per heavy atom. The van der Waals surface area contributed by atoms with Gasteiger partial charge in [0.1, 0.15) is 0 Å². The molecule has 7 nitrogen and oxygen atoms in total. The van der Waals surface area contributed by atoms with Crippen molar-refractivity contribution in [2.75, 3.05) is 6.54 Å². The number of amides is 2. The number of aromatic nitrogens is 3. The van der Waals surface area contributed by atoms with E-state index < -0.39 is 0 Å². The van der Waals surface area contributed by atoms with Crippen molar-refractivity contribution in [2.45, 2.75) is 57.9 Å². The minimum absolute atomic E-state index is 0.0870. The first-order valence-electron chi connectivity index (χ1n) is 10.9. The highest BCUT2D eigenvalue weighted by Crippen LogP contribution is 2.60. The van der Waals surface area contributed by atoms with Crippen LogP contribution in [0.15, 0.2) is 24.4 Å². The second kappa shape index (κ2) is 7.11. The van der Waals surface area contributed by atoms with Gasteiger partial charge in [-0.3, -0.25) is 14.0 Å². The molecule has 4 fully saturated rings. The third-order valence-corrected chi connectivity index (χ3v) is 7.26. The molecule has 2 heterocycles. The number of carbonyl (C=O) groups is 2. The van der Waals surface area contributed by atoms with E-state index in [1.165, 1.54) is 19.3 Å². The molecule has 2 N–H and O–H groups in total. The largest absolute Gasteiger partial charge is 0.355 e. The van der Waals surface area contributed by atoms with Crippen LogP contribution in [0.5, 0.6) is 0 Å². The molecule has 0 radical (unpaired) electrons. The van der Waals surface area contributed by atoms with Crippen molar-refractivity contribution >= 4 is 17.5 Å². The number of rotatable bonds is 6. The molecule has 2 aromatic rings. The summed E-state index contributed by atoms with van der Waals surface area (Å²) in [5, 5.41) is 14.4. The van der Waals surface area contributed by atoms with Crippen LogP contribution >= 0.6 is 0 Å². The maximum Gasteiger partial charge on any atom is 0.226 e. The smallest absolute Gasteiger partial charge is 0.226 e. The molecule has 4 aliphatic rings. The predicted octanol–water partition coefficient (Wildman–Crippen LogP) is 2.63. The molecular weight excluding hydrogens is 366 g/mol. The molecule has 2 amide bonds. The minimum atomic E-state index is -0.251. The molecule has 0 aliphatic heterocycles.